The molecular weight excluding hydrogens is 421 g/mol. The lowest BCUT2D eigenvalue weighted by atomic mass is 10.0. The van der Waals surface area contributed by atoms with Crippen LogP contribution < -0.4 is 5.32 Å². The van der Waals surface area contributed by atoms with Crippen molar-refractivity contribution in [3.8, 4) is 0 Å². The molecule has 0 radical (unpaired) electrons. The van der Waals surface area contributed by atoms with Gasteiger partial charge in [0.1, 0.15) is 11.9 Å². The second-order valence-corrected chi connectivity index (χ2v) is 8.27. The highest BCUT2D eigenvalue weighted by molar-refractivity contribution is 5.95. The maximum atomic E-state index is 13.5. The van der Waals surface area contributed by atoms with Crippen LogP contribution in [0.25, 0.3) is 0 Å². The number of benzene rings is 2. The van der Waals surface area contributed by atoms with E-state index in [0.29, 0.717) is 32.6 Å². The molecule has 0 aliphatic carbocycles. The van der Waals surface area contributed by atoms with Gasteiger partial charge >= 0.3 is 0 Å². The first-order valence-electron chi connectivity index (χ1n) is 11.2. The number of hydrogen-bond donors (Lipinski definition) is 1. The molecule has 2 amide bonds. The molecule has 7 heteroatoms. The molecule has 2 heterocycles. The van der Waals surface area contributed by atoms with E-state index in [9.17, 15) is 14.0 Å². The molecule has 4 rings (SSSR count). The van der Waals surface area contributed by atoms with Crippen LogP contribution >= 0.6 is 0 Å². The van der Waals surface area contributed by atoms with E-state index in [0.717, 1.165) is 24.1 Å². The minimum Gasteiger partial charge on any atom is -0.459 e. The van der Waals surface area contributed by atoms with Crippen LogP contribution in [0.5, 0.6) is 0 Å². The lowest BCUT2D eigenvalue weighted by Crippen LogP contribution is -2.50. The number of amides is 2. The van der Waals surface area contributed by atoms with Crippen LogP contribution in [-0.4, -0.2) is 53.8 Å². The molecule has 33 heavy (non-hydrogen) atoms. The second-order valence-electron chi connectivity index (χ2n) is 8.27. The Hall–Kier alpha value is -3.45. The van der Waals surface area contributed by atoms with E-state index >= 15 is 0 Å². The summed E-state index contributed by atoms with van der Waals surface area (Å²) in [7, 11) is 0. The lowest BCUT2D eigenvalue weighted by molar-refractivity contribution is -0.133. The second kappa shape index (κ2) is 10.9. The molecule has 1 aliphatic heterocycles. The van der Waals surface area contributed by atoms with Crippen molar-refractivity contribution in [3.05, 3.63) is 95.7 Å². The smallest absolute Gasteiger partial charge is 0.287 e. The Kier molecular flexibility index (Phi) is 7.52. The molecule has 1 atom stereocenters. The van der Waals surface area contributed by atoms with Crippen LogP contribution in [0.4, 0.5) is 4.39 Å². The molecular formula is C26H28FN3O3. The predicted molar refractivity (Wildman–Crippen MR) is 123 cm³/mol. The average Bonchev–Trinajstić information content (AvgIpc) is 3.28. The van der Waals surface area contributed by atoms with Gasteiger partial charge in [0.05, 0.1) is 6.26 Å². The Morgan fingerprint density at radius 3 is 2.42 bits per heavy atom. The third-order valence-electron chi connectivity index (χ3n) is 5.85. The van der Waals surface area contributed by atoms with E-state index in [1.807, 2.05) is 35.2 Å². The molecule has 1 aliphatic rings. The summed E-state index contributed by atoms with van der Waals surface area (Å²) in [5.41, 5.74) is 2.02. The minimum atomic E-state index is -0.686. The summed E-state index contributed by atoms with van der Waals surface area (Å²) >= 11 is 0. The van der Waals surface area contributed by atoms with Gasteiger partial charge in [0.15, 0.2) is 5.76 Å². The highest BCUT2D eigenvalue weighted by Gasteiger charge is 2.28. The molecule has 6 nitrogen and oxygen atoms in total. The Morgan fingerprint density at radius 2 is 1.70 bits per heavy atom. The van der Waals surface area contributed by atoms with Gasteiger partial charge < -0.3 is 14.6 Å². The van der Waals surface area contributed by atoms with Gasteiger partial charge in [-0.2, -0.15) is 0 Å². The quantitative estimate of drug-likeness (QED) is 0.600. The van der Waals surface area contributed by atoms with Crippen LogP contribution in [-0.2, 0) is 17.8 Å². The van der Waals surface area contributed by atoms with Crippen molar-refractivity contribution in [2.75, 3.05) is 26.2 Å². The summed E-state index contributed by atoms with van der Waals surface area (Å²) < 4.78 is 18.4. The van der Waals surface area contributed by atoms with Gasteiger partial charge in [-0.15, -0.1) is 0 Å². The van der Waals surface area contributed by atoms with Crippen molar-refractivity contribution in [3.63, 3.8) is 0 Å². The molecule has 1 N–H and O–H groups in total. The molecule has 0 spiro atoms. The monoisotopic (exact) mass is 449 g/mol. The van der Waals surface area contributed by atoms with Gasteiger partial charge in [-0.1, -0.05) is 42.5 Å². The zero-order valence-electron chi connectivity index (χ0n) is 18.5. The number of rotatable bonds is 7. The van der Waals surface area contributed by atoms with Gasteiger partial charge in [-0.25, -0.2) is 4.39 Å². The van der Waals surface area contributed by atoms with Gasteiger partial charge in [-0.3, -0.25) is 14.5 Å². The molecule has 0 unspecified atom stereocenters. The van der Waals surface area contributed by atoms with Crippen LogP contribution in [0.3, 0.4) is 0 Å². The normalized spacial score (nSPS) is 15.6. The molecule has 1 saturated heterocycles. The van der Waals surface area contributed by atoms with Crippen molar-refractivity contribution in [1.29, 1.82) is 0 Å². The zero-order chi connectivity index (χ0) is 23.0. The Labute approximate surface area is 193 Å². The Morgan fingerprint density at radius 1 is 0.909 bits per heavy atom. The maximum Gasteiger partial charge on any atom is 0.287 e. The van der Waals surface area contributed by atoms with E-state index in [4.69, 9.17) is 4.42 Å². The third-order valence-corrected chi connectivity index (χ3v) is 5.85. The van der Waals surface area contributed by atoms with E-state index in [2.05, 4.69) is 10.2 Å². The fraction of sp³-hybridized carbons (Fsp3) is 0.308. The summed E-state index contributed by atoms with van der Waals surface area (Å²) in [4.78, 5) is 30.2. The van der Waals surface area contributed by atoms with Crippen LogP contribution in [0, 0.1) is 5.82 Å². The summed E-state index contributed by atoms with van der Waals surface area (Å²) in [6.45, 7) is 3.48. The van der Waals surface area contributed by atoms with Crippen LogP contribution in [0.1, 0.15) is 28.1 Å². The first kappa shape index (κ1) is 22.7. The first-order valence-corrected chi connectivity index (χ1v) is 11.2. The number of nitrogens with zero attached hydrogens (tertiary/aromatic N) is 2. The van der Waals surface area contributed by atoms with Crippen molar-refractivity contribution in [2.24, 2.45) is 0 Å². The van der Waals surface area contributed by atoms with Crippen molar-refractivity contribution < 1.29 is 18.4 Å². The molecule has 3 aromatic rings. The average molecular weight is 450 g/mol. The number of furan rings is 1. The van der Waals surface area contributed by atoms with E-state index in [1.54, 1.807) is 24.3 Å². The molecule has 1 aromatic heterocycles. The molecule has 1 fully saturated rings. The number of nitrogens with one attached hydrogen (secondary N) is 1. The zero-order valence-corrected chi connectivity index (χ0v) is 18.5. The highest BCUT2D eigenvalue weighted by Crippen LogP contribution is 2.13. The number of carbonyl (C=O) groups is 2. The van der Waals surface area contributed by atoms with E-state index in [-0.39, 0.29) is 17.5 Å². The van der Waals surface area contributed by atoms with E-state index in [1.165, 1.54) is 18.4 Å². The SMILES string of the molecule is O=C(N[C@@H](Cc1ccccc1)C(=O)N1CCCN(Cc2ccc(F)cc2)CC1)c1ccco1. The number of carbonyl (C=O) groups excluding carboxylic acids is 2. The van der Waals surface area contributed by atoms with Crippen LogP contribution in [0.2, 0.25) is 0 Å². The standard InChI is InChI=1S/C26H28FN3O3/c27-22-11-9-21(10-12-22)19-29-13-5-14-30(16-15-29)26(32)23(18-20-6-2-1-3-7-20)28-25(31)24-8-4-17-33-24/h1-4,6-12,17,23H,5,13-16,18-19H2,(H,28,31)/t23-/m0/s1. The molecule has 0 bridgehead atoms. The molecule has 172 valence electrons. The molecule has 0 saturated carbocycles. The van der Waals surface area contributed by atoms with Gasteiger partial charge in [0.2, 0.25) is 5.91 Å². The lowest BCUT2D eigenvalue weighted by Gasteiger charge is -2.27. The number of halogens is 1. The maximum absolute atomic E-state index is 13.5. The first-order chi connectivity index (χ1) is 16.1. The van der Waals surface area contributed by atoms with Gasteiger partial charge in [-0.05, 0) is 41.8 Å². The van der Waals surface area contributed by atoms with E-state index < -0.39 is 11.9 Å². The minimum absolute atomic E-state index is 0.0950. The van der Waals surface area contributed by atoms with Crippen LogP contribution in [0.15, 0.2) is 77.4 Å². The third kappa shape index (κ3) is 6.29. The number of hydrogen-bond acceptors (Lipinski definition) is 4. The summed E-state index contributed by atoms with van der Waals surface area (Å²) in [6.07, 6.45) is 2.67. The van der Waals surface area contributed by atoms with Crippen molar-refractivity contribution >= 4 is 11.8 Å². The van der Waals surface area contributed by atoms with Crippen molar-refractivity contribution in [2.45, 2.75) is 25.4 Å². The summed E-state index contributed by atoms with van der Waals surface area (Å²) in [5, 5.41) is 2.87. The summed E-state index contributed by atoms with van der Waals surface area (Å²) in [6, 6.07) is 18.7. The van der Waals surface area contributed by atoms with Gasteiger partial charge in [0.25, 0.3) is 5.91 Å². The van der Waals surface area contributed by atoms with Gasteiger partial charge in [0, 0.05) is 39.1 Å². The fourth-order valence-corrected chi connectivity index (χ4v) is 4.10. The topological polar surface area (TPSA) is 65.8 Å². The van der Waals surface area contributed by atoms with Crippen molar-refractivity contribution in [1.82, 2.24) is 15.1 Å². The molecule has 2 aromatic carbocycles. The summed E-state index contributed by atoms with van der Waals surface area (Å²) in [5.74, 6) is -0.556. The highest BCUT2D eigenvalue weighted by atomic mass is 19.1. The predicted octanol–water partition coefficient (Wildman–Crippen LogP) is 3.49. The fourth-order valence-electron chi connectivity index (χ4n) is 4.10. The Bertz CT molecular complexity index is 1040. The largest absolute Gasteiger partial charge is 0.459 e. The Balaban J connectivity index is 1.42.